The summed E-state index contributed by atoms with van der Waals surface area (Å²) in [5.41, 5.74) is 2.04. The molecular formula is C21H25N3O3S. The second kappa shape index (κ2) is 9.01. The monoisotopic (exact) mass is 399 g/mol. The highest BCUT2D eigenvalue weighted by Gasteiger charge is 2.21. The number of hydrogen-bond donors (Lipinski definition) is 2. The second-order valence-corrected chi connectivity index (χ2v) is 8.67. The van der Waals surface area contributed by atoms with Crippen LogP contribution in [0.2, 0.25) is 0 Å². The number of carbonyl (C=O) groups excluding carboxylic acids is 1. The molecule has 7 heteroatoms. The summed E-state index contributed by atoms with van der Waals surface area (Å²) in [5.74, 6) is 0.178. The zero-order valence-corrected chi connectivity index (χ0v) is 16.7. The van der Waals surface area contributed by atoms with Crippen LogP contribution in [0.25, 0.3) is 0 Å². The van der Waals surface area contributed by atoms with Gasteiger partial charge in [0.25, 0.3) is 10.0 Å². The predicted molar refractivity (Wildman–Crippen MR) is 111 cm³/mol. The van der Waals surface area contributed by atoms with Crippen LogP contribution in [0.1, 0.15) is 44.6 Å². The lowest BCUT2D eigenvalue weighted by Crippen LogP contribution is -2.24. The average Bonchev–Trinajstić information content (AvgIpc) is 2.74. The van der Waals surface area contributed by atoms with Gasteiger partial charge in [-0.2, -0.15) is 18.4 Å². The van der Waals surface area contributed by atoms with Crippen LogP contribution >= 0.6 is 0 Å². The maximum atomic E-state index is 12.3. The van der Waals surface area contributed by atoms with Crippen LogP contribution in [0.15, 0.2) is 64.6 Å². The van der Waals surface area contributed by atoms with Crippen molar-refractivity contribution in [3.05, 3.63) is 60.2 Å². The number of hydrogen-bond acceptors (Lipinski definition) is 4. The van der Waals surface area contributed by atoms with Crippen molar-refractivity contribution >= 4 is 27.3 Å². The number of carbonyl (C=O) groups is 1. The van der Waals surface area contributed by atoms with E-state index in [1.807, 2.05) is 12.1 Å². The van der Waals surface area contributed by atoms with Crippen molar-refractivity contribution in [1.29, 1.82) is 0 Å². The van der Waals surface area contributed by atoms with E-state index in [1.165, 1.54) is 18.6 Å². The zero-order chi connectivity index (χ0) is 20.0. The zero-order valence-electron chi connectivity index (χ0n) is 15.9. The van der Waals surface area contributed by atoms with Crippen LogP contribution in [0.3, 0.4) is 0 Å². The van der Waals surface area contributed by atoms with Crippen molar-refractivity contribution in [2.75, 3.05) is 5.32 Å². The van der Waals surface area contributed by atoms with E-state index >= 15 is 0 Å². The summed E-state index contributed by atoms with van der Waals surface area (Å²) in [7, 11) is -3.69. The van der Waals surface area contributed by atoms with Crippen molar-refractivity contribution in [2.24, 2.45) is 11.0 Å². The van der Waals surface area contributed by atoms with E-state index in [1.54, 1.807) is 37.3 Å². The van der Waals surface area contributed by atoms with Crippen molar-refractivity contribution in [2.45, 2.75) is 43.9 Å². The Morgan fingerprint density at radius 3 is 2.25 bits per heavy atom. The summed E-state index contributed by atoms with van der Waals surface area (Å²) in [6.45, 7) is 1.73. The maximum Gasteiger partial charge on any atom is 0.276 e. The molecule has 1 saturated carbocycles. The molecule has 0 aromatic heterocycles. The summed E-state index contributed by atoms with van der Waals surface area (Å²) < 4.78 is 24.5. The number of sulfonamides is 1. The molecule has 0 radical (unpaired) electrons. The minimum atomic E-state index is -3.69. The average molecular weight is 400 g/mol. The molecule has 0 saturated heterocycles. The van der Waals surface area contributed by atoms with Gasteiger partial charge >= 0.3 is 0 Å². The van der Waals surface area contributed by atoms with Crippen molar-refractivity contribution in [3.63, 3.8) is 0 Å². The Morgan fingerprint density at radius 1 is 0.964 bits per heavy atom. The van der Waals surface area contributed by atoms with E-state index in [0.717, 1.165) is 36.9 Å². The second-order valence-electron chi connectivity index (χ2n) is 7.01. The van der Waals surface area contributed by atoms with Crippen molar-refractivity contribution in [3.8, 4) is 0 Å². The van der Waals surface area contributed by atoms with Gasteiger partial charge in [-0.15, -0.1) is 0 Å². The Kier molecular flexibility index (Phi) is 6.46. The Hall–Kier alpha value is -2.67. The number of anilines is 1. The van der Waals surface area contributed by atoms with Gasteiger partial charge in [-0.3, -0.25) is 4.79 Å². The first kappa shape index (κ1) is 20.1. The first-order valence-corrected chi connectivity index (χ1v) is 11.0. The van der Waals surface area contributed by atoms with Gasteiger partial charge in [0, 0.05) is 11.6 Å². The quantitative estimate of drug-likeness (QED) is 0.570. The molecule has 0 unspecified atom stereocenters. The standard InChI is InChI=1S/C21H25N3O3S/c1-16(23-24-28(26,27)20-10-6-3-7-11-20)17-12-14-19(15-13-17)22-21(25)18-8-4-2-5-9-18/h3,6-7,10-15,18,24H,2,4-5,8-9H2,1H3,(H,22,25)/b23-16-. The Bertz CT molecular complexity index is 933. The molecule has 0 spiro atoms. The van der Waals surface area contributed by atoms with E-state index in [2.05, 4.69) is 15.2 Å². The highest BCUT2D eigenvalue weighted by molar-refractivity contribution is 7.89. The van der Waals surface area contributed by atoms with Crippen LogP contribution in [-0.4, -0.2) is 20.0 Å². The van der Waals surface area contributed by atoms with Crippen LogP contribution in [0, 0.1) is 5.92 Å². The van der Waals surface area contributed by atoms with Gasteiger partial charge in [0.1, 0.15) is 0 Å². The largest absolute Gasteiger partial charge is 0.326 e. The van der Waals surface area contributed by atoms with Crippen LogP contribution < -0.4 is 10.1 Å². The molecule has 1 aliphatic carbocycles. The van der Waals surface area contributed by atoms with E-state index in [0.29, 0.717) is 5.71 Å². The molecule has 0 bridgehead atoms. The van der Waals surface area contributed by atoms with E-state index in [9.17, 15) is 13.2 Å². The van der Waals surface area contributed by atoms with Gasteiger partial charge in [0.15, 0.2) is 0 Å². The SMILES string of the molecule is C/C(=N/NS(=O)(=O)c1ccccc1)c1ccc(NC(=O)C2CCCCC2)cc1. The molecular weight excluding hydrogens is 374 g/mol. The van der Waals surface area contributed by atoms with Crippen LogP contribution in [0.4, 0.5) is 5.69 Å². The molecule has 0 atom stereocenters. The number of rotatable bonds is 6. The fourth-order valence-electron chi connectivity index (χ4n) is 3.25. The number of amides is 1. The van der Waals surface area contributed by atoms with E-state index in [-0.39, 0.29) is 16.7 Å². The van der Waals surface area contributed by atoms with Gasteiger partial charge < -0.3 is 5.32 Å². The van der Waals surface area contributed by atoms with E-state index in [4.69, 9.17) is 0 Å². The topological polar surface area (TPSA) is 87.6 Å². The first-order valence-electron chi connectivity index (χ1n) is 9.48. The lowest BCUT2D eigenvalue weighted by atomic mass is 9.88. The summed E-state index contributed by atoms with van der Waals surface area (Å²) in [4.78, 5) is 14.7. The molecule has 1 amide bonds. The number of nitrogens with one attached hydrogen (secondary N) is 2. The number of hydrazone groups is 1. The van der Waals surface area contributed by atoms with Gasteiger partial charge in [0.05, 0.1) is 10.6 Å². The lowest BCUT2D eigenvalue weighted by Gasteiger charge is -2.20. The van der Waals surface area contributed by atoms with Crippen LogP contribution in [-0.2, 0) is 14.8 Å². The van der Waals surface area contributed by atoms with Gasteiger partial charge in [-0.05, 0) is 49.6 Å². The minimum Gasteiger partial charge on any atom is -0.326 e. The fraction of sp³-hybridized carbons (Fsp3) is 0.333. The van der Waals surface area contributed by atoms with Gasteiger partial charge in [-0.25, -0.2) is 0 Å². The molecule has 28 heavy (non-hydrogen) atoms. The molecule has 0 aliphatic heterocycles. The molecule has 0 heterocycles. The highest BCUT2D eigenvalue weighted by Crippen LogP contribution is 2.25. The Labute approximate surface area is 166 Å². The Balaban J connectivity index is 1.62. The third-order valence-corrected chi connectivity index (χ3v) is 6.16. The molecule has 2 N–H and O–H groups in total. The molecule has 1 fully saturated rings. The van der Waals surface area contributed by atoms with Crippen molar-refractivity contribution < 1.29 is 13.2 Å². The highest BCUT2D eigenvalue weighted by atomic mass is 32.2. The molecule has 2 aromatic rings. The normalized spacial score (nSPS) is 15.8. The molecule has 3 rings (SSSR count). The maximum absolute atomic E-state index is 12.3. The summed E-state index contributed by atoms with van der Waals surface area (Å²) >= 11 is 0. The smallest absolute Gasteiger partial charge is 0.276 e. The summed E-state index contributed by atoms with van der Waals surface area (Å²) in [6, 6.07) is 15.3. The molecule has 6 nitrogen and oxygen atoms in total. The lowest BCUT2D eigenvalue weighted by molar-refractivity contribution is -0.120. The van der Waals surface area contributed by atoms with Crippen LogP contribution in [0.5, 0.6) is 0 Å². The van der Waals surface area contributed by atoms with Gasteiger partial charge in [0.2, 0.25) is 5.91 Å². The molecule has 1 aliphatic rings. The minimum absolute atomic E-state index is 0.0773. The Morgan fingerprint density at radius 2 is 1.61 bits per heavy atom. The molecule has 148 valence electrons. The van der Waals surface area contributed by atoms with E-state index < -0.39 is 10.0 Å². The number of nitrogens with zero attached hydrogens (tertiary/aromatic N) is 1. The summed E-state index contributed by atoms with van der Waals surface area (Å²) in [5, 5.41) is 6.96. The predicted octanol–water partition coefficient (Wildman–Crippen LogP) is 3.91. The first-order chi connectivity index (χ1) is 13.5. The molecule has 2 aromatic carbocycles. The summed E-state index contributed by atoms with van der Waals surface area (Å²) in [6.07, 6.45) is 5.36. The third-order valence-electron chi connectivity index (χ3n) is 4.93. The van der Waals surface area contributed by atoms with Gasteiger partial charge in [-0.1, -0.05) is 49.6 Å². The fourth-order valence-corrected chi connectivity index (χ4v) is 4.13. The van der Waals surface area contributed by atoms with Crippen molar-refractivity contribution in [1.82, 2.24) is 4.83 Å². The number of benzene rings is 2. The third kappa shape index (κ3) is 5.19.